The van der Waals surface area contributed by atoms with Gasteiger partial charge in [-0.15, -0.1) is 0 Å². The van der Waals surface area contributed by atoms with Crippen LogP contribution in [0.1, 0.15) is 24.2 Å². The summed E-state index contributed by atoms with van der Waals surface area (Å²) in [6.07, 6.45) is 3.42. The predicted molar refractivity (Wildman–Crippen MR) is 78.0 cm³/mol. The number of hydrogen-bond donors (Lipinski definition) is 1. The van der Waals surface area contributed by atoms with Crippen molar-refractivity contribution in [3.05, 3.63) is 41.7 Å². The second kappa shape index (κ2) is 5.96. The molecule has 0 aliphatic carbocycles. The normalized spacial score (nSPS) is 13.8. The van der Waals surface area contributed by atoms with Crippen molar-refractivity contribution in [2.45, 2.75) is 26.0 Å². The third-order valence-corrected chi connectivity index (χ3v) is 3.10. The summed E-state index contributed by atoms with van der Waals surface area (Å²) in [6.45, 7) is 3.93. The zero-order valence-corrected chi connectivity index (χ0v) is 12.3. The molecule has 2 atom stereocenters. The van der Waals surface area contributed by atoms with E-state index < -0.39 is 0 Å². The Morgan fingerprint density at radius 1 is 1.30 bits per heavy atom. The van der Waals surface area contributed by atoms with Crippen molar-refractivity contribution in [3.8, 4) is 11.5 Å². The van der Waals surface area contributed by atoms with Crippen LogP contribution in [0.5, 0.6) is 11.5 Å². The summed E-state index contributed by atoms with van der Waals surface area (Å²) in [4.78, 5) is 0. The summed E-state index contributed by atoms with van der Waals surface area (Å²) in [7, 11) is 3.50. The van der Waals surface area contributed by atoms with Crippen molar-refractivity contribution in [3.63, 3.8) is 0 Å². The maximum Gasteiger partial charge on any atom is 0.162 e. The van der Waals surface area contributed by atoms with Crippen LogP contribution in [0.15, 0.2) is 30.6 Å². The molecule has 0 saturated carbocycles. The van der Waals surface area contributed by atoms with Gasteiger partial charge in [-0.1, -0.05) is 6.07 Å². The molecule has 0 fully saturated rings. The van der Waals surface area contributed by atoms with Crippen molar-refractivity contribution in [2.75, 3.05) is 7.11 Å². The van der Waals surface area contributed by atoms with Crippen molar-refractivity contribution in [2.24, 2.45) is 12.8 Å². The first-order valence-electron chi connectivity index (χ1n) is 6.56. The average molecular weight is 275 g/mol. The van der Waals surface area contributed by atoms with Gasteiger partial charge in [-0.25, -0.2) is 0 Å². The molecule has 20 heavy (non-hydrogen) atoms. The predicted octanol–water partition coefficient (Wildman–Crippen LogP) is 2.20. The van der Waals surface area contributed by atoms with Crippen LogP contribution in [0.25, 0.3) is 0 Å². The molecule has 5 nitrogen and oxygen atoms in total. The van der Waals surface area contributed by atoms with E-state index in [9.17, 15) is 0 Å². The van der Waals surface area contributed by atoms with Gasteiger partial charge >= 0.3 is 0 Å². The van der Waals surface area contributed by atoms with E-state index in [-0.39, 0.29) is 12.1 Å². The first-order chi connectivity index (χ1) is 9.51. The second-order valence-electron chi connectivity index (χ2n) is 5.00. The first-order valence-corrected chi connectivity index (χ1v) is 6.56. The van der Waals surface area contributed by atoms with E-state index in [1.165, 1.54) is 0 Å². The lowest BCUT2D eigenvalue weighted by Crippen LogP contribution is -2.28. The number of rotatable bonds is 5. The quantitative estimate of drug-likeness (QED) is 0.908. The highest BCUT2D eigenvalue weighted by Gasteiger charge is 2.21. The van der Waals surface area contributed by atoms with Crippen LogP contribution in [0.2, 0.25) is 0 Å². The molecule has 0 amide bonds. The smallest absolute Gasteiger partial charge is 0.162 e. The van der Waals surface area contributed by atoms with Gasteiger partial charge in [0.25, 0.3) is 0 Å². The third kappa shape index (κ3) is 3.11. The molecule has 2 rings (SSSR count). The zero-order valence-electron chi connectivity index (χ0n) is 12.3. The molecule has 1 aromatic carbocycles. The Kier molecular flexibility index (Phi) is 4.29. The highest BCUT2D eigenvalue weighted by molar-refractivity contribution is 5.43. The largest absolute Gasteiger partial charge is 0.493 e. The lowest BCUT2D eigenvalue weighted by Gasteiger charge is -2.22. The number of nitrogens with zero attached hydrogens (tertiary/aromatic N) is 2. The van der Waals surface area contributed by atoms with Crippen molar-refractivity contribution in [1.82, 2.24) is 9.78 Å². The van der Waals surface area contributed by atoms with Crippen LogP contribution in [-0.2, 0) is 7.05 Å². The Hall–Kier alpha value is -2.01. The van der Waals surface area contributed by atoms with Gasteiger partial charge in [-0.2, -0.15) is 5.10 Å². The van der Waals surface area contributed by atoms with Gasteiger partial charge in [-0.3, -0.25) is 4.68 Å². The molecule has 0 bridgehead atoms. The molecular formula is C15H21N3O2. The molecule has 2 aromatic rings. The number of aromatic nitrogens is 2. The molecule has 5 heteroatoms. The maximum absolute atomic E-state index is 6.05. The fraction of sp³-hybridized carbons (Fsp3) is 0.400. The topological polar surface area (TPSA) is 62.3 Å². The number of aryl methyl sites for hydroxylation is 2. The van der Waals surface area contributed by atoms with E-state index in [1.54, 1.807) is 18.0 Å². The molecular weight excluding hydrogens is 254 g/mol. The Labute approximate surface area is 119 Å². The fourth-order valence-corrected chi connectivity index (χ4v) is 2.07. The summed E-state index contributed by atoms with van der Waals surface area (Å²) >= 11 is 0. The minimum absolute atomic E-state index is 0.162. The molecule has 0 saturated heterocycles. The molecule has 108 valence electrons. The van der Waals surface area contributed by atoms with Crippen LogP contribution in [0, 0.1) is 6.92 Å². The van der Waals surface area contributed by atoms with Gasteiger partial charge in [0, 0.05) is 24.8 Å². The van der Waals surface area contributed by atoms with Crippen molar-refractivity contribution >= 4 is 0 Å². The summed E-state index contributed by atoms with van der Waals surface area (Å²) in [6, 6.07) is 5.67. The number of benzene rings is 1. The number of nitrogens with two attached hydrogens (primary N) is 1. The Morgan fingerprint density at radius 2 is 2.05 bits per heavy atom. The molecule has 1 heterocycles. The highest BCUT2D eigenvalue weighted by Crippen LogP contribution is 2.32. The first kappa shape index (κ1) is 14.4. The van der Waals surface area contributed by atoms with Crippen molar-refractivity contribution in [1.29, 1.82) is 0 Å². The molecule has 2 N–H and O–H groups in total. The van der Waals surface area contributed by atoms with E-state index in [1.807, 2.05) is 45.3 Å². The summed E-state index contributed by atoms with van der Waals surface area (Å²) in [5.74, 6) is 1.39. The second-order valence-corrected chi connectivity index (χ2v) is 5.00. The Morgan fingerprint density at radius 3 is 2.60 bits per heavy atom. The molecule has 2 unspecified atom stereocenters. The van der Waals surface area contributed by atoms with Crippen molar-refractivity contribution < 1.29 is 9.47 Å². The molecule has 0 aliphatic rings. The minimum atomic E-state index is -0.264. The van der Waals surface area contributed by atoms with E-state index in [4.69, 9.17) is 15.2 Å². The lowest BCUT2D eigenvalue weighted by atomic mass is 10.1. The van der Waals surface area contributed by atoms with E-state index in [0.717, 1.165) is 11.1 Å². The molecule has 0 radical (unpaired) electrons. The lowest BCUT2D eigenvalue weighted by molar-refractivity contribution is 0.173. The van der Waals surface area contributed by atoms with Crippen LogP contribution in [0.3, 0.4) is 0 Å². The summed E-state index contributed by atoms with van der Waals surface area (Å²) in [5, 5.41) is 4.17. The van der Waals surface area contributed by atoms with Gasteiger partial charge in [0.2, 0.25) is 0 Å². The molecule has 0 aliphatic heterocycles. The van der Waals surface area contributed by atoms with Gasteiger partial charge in [-0.05, 0) is 31.5 Å². The molecule has 1 aromatic heterocycles. The number of methoxy groups -OCH3 is 1. The van der Waals surface area contributed by atoms with Crippen LogP contribution < -0.4 is 15.2 Å². The van der Waals surface area contributed by atoms with Crippen LogP contribution in [0.4, 0.5) is 0 Å². The standard InChI is InChI=1S/C15H21N3O2/c1-10-5-6-13(14(7-10)19-4)20-15(11(2)16)12-8-17-18(3)9-12/h5-9,11,15H,16H2,1-4H3. The highest BCUT2D eigenvalue weighted by atomic mass is 16.5. The SMILES string of the molecule is COc1cc(C)ccc1OC(c1cnn(C)c1)C(C)N. The average Bonchev–Trinajstić information content (AvgIpc) is 2.83. The maximum atomic E-state index is 6.05. The van der Waals surface area contributed by atoms with Gasteiger partial charge < -0.3 is 15.2 Å². The fourth-order valence-electron chi connectivity index (χ4n) is 2.07. The van der Waals surface area contributed by atoms with Crippen LogP contribution in [-0.4, -0.2) is 22.9 Å². The third-order valence-electron chi connectivity index (χ3n) is 3.10. The minimum Gasteiger partial charge on any atom is -0.493 e. The van der Waals surface area contributed by atoms with Gasteiger partial charge in [0.05, 0.1) is 13.3 Å². The van der Waals surface area contributed by atoms with E-state index in [0.29, 0.717) is 11.5 Å². The number of ether oxygens (including phenoxy) is 2. The summed E-state index contributed by atoms with van der Waals surface area (Å²) in [5.41, 5.74) is 8.11. The van der Waals surface area contributed by atoms with Crippen LogP contribution >= 0.6 is 0 Å². The Bertz CT molecular complexity index is 578. The van der Waals surface area contributed by atoms with Gasteiger partial charge in [0.1, 0.15) is 6.10 Å². The number of hydrogen-bond acceptors (Lipinski definition) is 4. The van der Waals surface area contributed by atoms with E-state index >= 15 is 0 Å². The summed E-state index contributed by atoms with van der Waals surface area (Å²) < 4.78 is 13.1. The monoisotopic (exact) mass is 275 g/mol. The zero-order chi connectivity index (χ0) is 14.7. The molecule has 0 spiro atoms. The van der Waals surface area contributed by atoms with Gasteiger partial charge in [0.15, 0.2) is 11.5 Å². The Balaban J connectivity index is 2.29. The van der Waals surface area contributed by atoms with E-state index in [2.05, 4.69) is 5.10 Å².